The third-order valence-electron chi connectivity index (χ3n) is 4.15. The standard InChI is InChI=1S/C17H26N4O3S/c1-3-21(12-14-7-5-4-6-8-14)16(22)11-19-17(18-2)20-15-9-10-25(23,24)13-15/h4-8,15H,3,9-13H2,1-2H3,(H2,18,19,20). The van der Waals surface area contributed by atoms with Gasteiger partial charge in [-0.1, -0.05) is 30.3 Å². The fraction of sp³-hybridized carbons (Fsp3) is 0.529. The molecule has 1 saturated heterocycles. The number of guanidine groups is 1. The Morgan fingerprint density at radius 2 is 2.04 bits per heavy atom. The topological polar surface area (TPSA) is 90.9 Å². The molecule has 1 aromatic rings. The second-order valence-corrected chi connectivity index (χ2v) is 8.29. The molecule has 25 heavy (non-hydrogen) atoms. The zero-order valence-corrected chi connectivity index (χ0v) is 15.6. The average Bonchev–Trinajstić information content (AvgIpc) is 2.95. The molecule has 0 aromatic heterocycles. The Hall–Kier alpha value is -2.09. The summed E-state index contributed by atoms with van der Waals surface area (Å²) in [4.78, 5) is 18.3. The number of aliphatic imine (C=N–C) groups is 1. The minimum absolute atomic E-state index is 0.0339. The van der Waals surface area contributed by atoms with Gasteiger partial charge in [-0.2, -0.15) is 0 Å². The lowest BCUT2D eigenvalue weighted by Gasteiger charge is -2.22. The van der Waals surface area contributed by atoms with E-state index >= 15 is 0 Å². The molecule has 0 aliphatic carbocycles. The van der Waals surface area contributed by atoms with E-state index in [1.54, 1.807) is 11.9 Å². The van der Waals surface area contributed by atoms with Crippen LogP contribution in [0.5, 0.6) is 0 Å². The summed E-state index contributed by atoms with van der Waals surface area (Å²) in [6.07, 6.45) is 0.562. The van der Waals surface area contributed by atoms with Gasteiger partial charge in [0.1, 0.15) is 0 Å². The molecule has 0 bridgehead atoms. The Morgan fingerprint density at radius 3 is 2.60 bits per heavy atom. The molecule has 1 aromatic carbocycles. The Bertz CT molecular complexity index is 704. The highest BCUT2D eigenvalue weighted by Crippen LogP contribution is 2.11. The number of sulfone groups is 1. The van der Waals surface area contributed by atoms with Crippen molar-refractivity contribution in [2.75, 3.05) is 31.6 Å². The van der Waals surface area contributed by atoms with Crippen molar-refractivity contribution in [1.29, 1.82) is 0 Å². The molecule has 1 unspecified atom stereocenters. The second-order valence-electron chi connectivity index (χ2n) is 6.06. The highest BCUT2D eigenvalue weighted by molar-refractivity contribution is 7.91. The van der Waals surface area contributed by atoms with Crippen LogP contribution in [0, 0.1) is 0 Å². The van der Waals surface area contributed by atoms with E-state index in [1.165, 1.54) is 0 Å². The van der Waals surface area contributed by atoms with Crippen molar-refractivity contribution < 1.29 is 13.2 Å². The summed E-state index contributed by atoms with van der Waals surface area (Å²) in [6, 6.07) is 9.68. The molecule has 1 atom stereocenters. The molecule has 7 nitrogen and oxygen atoms in total. The Kier molecular flexibility index (Phi) is 6.81. The lowest BCUT2D eigenvalue weighted by molar-refractivity contribution is -0.130. The van der Waals surface area contributed by atoms with E-state index in [2.05, 4.69) is 15.6 Å². The van der Waals surface area contributed by atoms with Gasteiger partial charge >= 0.3 is 0 Å². The van der Waals surface area contributed by atoms with Crippen molar-refractivity contribution in [3.05, 3.63) is 35.9 Å². The third-order valence-corrected chi connectivity index (χ3v) is 5.92. The molecular formula is C17H26N4O3S. The predicted molar refractivity (Wildman–Crippen MR) is 99.1 cm³/mol. The number of carbonyl (C=O) groups excluding carboxylic acids is 1. The van der Waals surface area contributed by atoms with Crippen LogP contribution in [0.2, 0.25) is 0 Å². The maximum Gasteiger partial charge on any atom is 0.242 e. The number of benzene rings is 1. The van der Waals surface area contributed by atoms with Gasteiger partial charge in [0.05, 0.1) is 18.1 Å². The van der Waals surface area contributed by atoms with Gasteiger partial charge < -0.3 is 15.5 Å². The fourth-order valence-electron chi connectivity index (χ4n) is 2.75. The van der Waals surface area contributed by atoms with E-state index in [0.29, 0.717) is 25.5 Å². The SMILES string of the molecule is CCN(Cc1ccccc1)C(=O)CNC(=NC)NC1CCS(=O)(=O)C1. The molecule has 138 valence electrons. The van der Waals surface area contributed by atoms with Crippen molar-refractivity contribution in [1.82, 2.24) is 15.5 Å². The first kappa shape index (κ1) is 19.2. The third kappa shape index (κ3) is 6.04. The lowest BCUT2D eigenvalue weighted by Crippen LogP contribution is -2.47. The number of hydrogen-bond acceptors (Lipinski definition) is 4. The second kappa shape index (κ2) is 8.84. The number of hydrogen-bond donors (Lipinski definition) is 2. The molecule has 1 aliphatic rings. The van der Waals surface area contributed by atoms with Gasteiger partial charge in [0.25, 0.3) is 0 Å². The molecule has 2 rings (SSSR count). The van der Waals surface area contributed by atoms with Gasteiger partial charge in [0.2, 0.25) is 5.91 Å². The molecule has 2 N–H and O–H groups in total. The van der Waals surface area contributed by atoms with Crippen LogP contribution in [-0.4, -0.2) is 62.9 Å². The van der Waals surface area contributed by atoms with Crippen LogP contribution >= 0.6 is 0 Å². The predicted octanol–water partition coefficient (Wildman–Crippen LogP) is 0.387. The molecule has 1 fully saturated rings. The average molecular weight is 366 g/mol. The molecule has 0 spiro atoms. The molecule has 1 amide bonds. The molecule has 8 heteroatoms. The largest absolute Gasteiger partial charge is 0.353 e. The quantitative estimate of drug-likeness (QED) is 0.561. The number of likely N-dealkylation sites (N-methyl/N-ethyl adjacent to an activating group) is 1. The minimum Gasteiger partial charge on any atom is -0.353 e. The highest BCUT2D eigenvalue weighted by Gasteiger charge is 2.28. The van der Waals surface area contributed by atoms with E-state index < -0.39 is 9.84 Å². The van der Waals surface area contributed by atoms with Crippen molar-refractivity contribution in [2.45, 2.75) is 25.9 Å². The minimum atomic E-state index is -2.95. The normalized spacial score (nSPS) is 19.4. The number of amides is 1. The van der Waals surface area contributed by atoms with Crippen LogP contribution in [0.3, 0.4) is 0 Å². The Balaban J connectivity index is 1.84. The van der Waals surface area contributed by atoms with Gasteiger partial charge in [-0.05, 0) is 18.9 Å². The fourth-order valence-corrected chi connectivity index (χ4v) is 4.42. The van der Waals surface area contributed by atoms with Crippen LogP contribution in [0.4, 0.5) is 0 Å². The summed E-state index contributed by atoms with van der Waals surface area (Å²) in [6.45, 7) is 3.23. The van der Waals surface area contributed by atoms with E-state index in [0.717, 1.165) is 5.56 Å². The van der Waals surface area contributed by atoms with Crippen molar-refractivity contribution in [3.63, 3.8) is 0 Å². The zero-order chi connectivity index (χ0) is 18.3. The first-order valence-corrected chi connectivity index (χ1v) is 10.2. The summed E-state index contributed by atoms with van der Waals surface area (Å²) in [7, 11) is -1.35. The number of nitrogens with zero attached hydrogens (tertiary/aromatic N) is 2. The summed E-state index contributed by atoms with van der Waals surface area (Å²) >= 11 is 0. The maximum absolute atomic E-state index is 12.4. The lowest BCUT2D eigenvalue weighted by atomic mass is 10.2. The summed E-state index contributed by atoms with van der Waals surface area (Å²) in [5.74, 6) is 0.720. The van der Waals surface area contributed by atoms with Gasteiger partial charge in [0, 0.05) is 26.2 Å². The Labute approximate surface area is 149 Å². The maximum atomic E-state index is 12.4. The first-order chi connectivity index (χ1) is 11.9. The van der Waals surface area contributed by atoms with Gasteiger partial charge in [-0.3, -0.25) is 9.79 Å². The molecule has 0 radical (unpaired) electrons. The number of carbonyl (C=O) groups is 1. The Morgan fingerprint density at radius 1 is 1.32 bits per heavy atom. The van der Waals surface area contributed by atoms with Gasteiger partial charge in [0.15, 0.2) is 15.8 Å². The van der Waals surface area contributed by atoms with E-state index in [9.17, 15) is 13.2 Å². The number of rotatable bonds is 6. The van der Waals surface area contributed by atoms with Crippen LogP contribution in [-0.2, 0) is 21.2 Å². The van der Waals surface area contributed by atoms with Crippen LogP contribution in [0.1, 0.15) is 18.9 Å². The van der Waals surface area contributed by atoms with E-state index in [1.807, 2.05) is 37.3 Å². The molecule has 1 heterocycles. The molecular weight excluding hydrogens is 340 g/mol. The summed E-state index contributed by atoms with van der Waals surface area (Å²) < 4.78 is 23.0. The van der Waals surface area contributed by atoms with Crippen LogP contribution < -0.4 is 10.6 Å². The van der Waals surface area contributed by atoms with Crippen molar-refractivity contribution in [2.24, 2.45) is 4.99 Å². The van der Waals surface area contributed by atoms with Crippen molar-refractivity contribution >= 4 is 21.7 Å². The van der Waals surface area contributed by atoms with E-state index in [-0.39, 0.29) is 30.0 Å². The summed E-state index contributed by atoms with van der Waals surface area (Å²) in [5.41, 5.74) is 1.08. The zero-order valence-electron chi connectivity index (χ0n) is 14.7. The van der Waals surface area contributed by atoms with Crippen LogP contribution in [0.25, 0.3) is 0 Å². The summed E-state index contributed by atoms with van der Waals surface area (Å²) in [5, 5.41) is 6.05. The molecule has 1 aliphatic heterocycles. The van der Waals surface area contributed by atoms with Gasteiger partial charge in [-0.15, -0.1) is 0 Å². The molecule has 0 saturated carbocycles. The first-order valence-electron chi connectivity index (χ1n) is 8.43. The number of nitrogens with one attached hydrogen (secondary N) is 2. The smallest absolute Gasteiger partial charge is 0.242 e. The van der Waals surface area contributed by atoms with Crippen LogP contribution in [0.15, 0.2) is 35.3 Å². The highest BCUT2D eigenvalue weighted by atomic mass is 32.2. The van der Waals surface area contributed by atoms with Crippen molar-refractivity contribution in [3.8, 4) is 0 Å². The van der Waals surface area contributed by atoms with E-state index in [4.69, 9.17) is 0 Å². The monoisotopic (exact) mass is 366 g/mol. The van der Waals surface area contributed by atoms with Gasteiger partial charge in [-0.25, -0.2) is 8.42 Å².